The lowest BCUT2D eigenvalue weighted by atomic mass is 10.2. The third-order valence-corrected chi connectivity index (χ3v) is 4.18. The van der Waals surface area contributed by atoms with Crippen LogP contribution in [0.5, 0.6) is 0 Å². The van der Waals surface area contributed by atoms with Crippen molar-refractivity contribution in [1.29, 1.82) is 0 Å². The van der Waals surface area contributed by atoms with Gasteiger partial charge in [0, 0.05) is 13.2 Å². The van der Waals surface area contributed by atoms with Crippen molar-refractivity contribution in [2.75, 3.05) is 12.4 Å². The molecule has 0 radical (unpaired) electrons. The summed E-state index contributed by atoms with van der Waals surface area (Å²) in [5, 5.41) is 4.06. The molecule has 0 amide bonds. The number of rotatable bonds is 2. The fourth-order valence-corrected chi connectivity index (χ4v) is 3.35. The van der Waals surface area contributed by atoms with Crippen LogP contribution in [0.25, 0.3) is 20.8 Å². The van der Waals surface area contributed by atoms with E-state index in [0.29, 0.717) is 0 Å². The molecule has 24 heavy (non-hydrogen) atoms. The highest BCUT2D eigenvalue weighted by atomic mass is 32.1. The standard InChI is InChI=1S/C14H15N5S.C4H10/c1-7-11(13(15-4)18-9(3)17-7)14-19-12-8(2)16-6-5-10(12)20-14;1-4(2)3/h5-6H,1-4H3,(H,15,17,18);4H,1-3H3. The summed E-state index contributed by atoms with van der Waals surface area (Å²) in [6, 6.07) is 1.99. The molecule has 128 valence electrons. The lowest BCUT2D eigenvalue weighted by Crippen LogP contribution is -2.02. The Hall–Kier alpha value is -2.08. The molecule has 0 aliphatic carbocycles. The van der Waals surface area contributed by atoms with Crippen LogP contribution in [0.2, 0.25) is 0 Å². The van der Waals surface area contributed by atoms with Gasteiger partial charge in [-0.05, 0) is 32.8 Å². The van der Waals surface area contributed by atoms with Gasteiger partial charge in [-0.1, -0.05) is 20.8 Å². The van der Waals surface area contributed by atoms with Gasteiger partial charge in [-0.3, -0.25) is 4.98 Å². The monoisotopic (exact) mass is 343 g/mol. The van der Waals surface area contributed by atoms with Crippen LogP contribution < -0.4 is 5.32 Å². The largest absolute Gasteiger partial charge is 0.372 e. The van der Waals surface area contributed by atoms with Gasteiger partial charge in [-0.15, -0.1) is 11.3 Å². The number of aromatic nitrogens is 4. The van der Waals surface area contributed by atoms with E-state index < -0.39 is 0 Å². The second-order valence-corrected chi connectivity index (χ2v) is 7.35. The lowest BCUT2D eigenvalue weighted by Gasteiger charge is -2.09. The maximum Gasteiger partial charge on any atom is 0.140 e. The molecule has 3 rings (SSSR count). The van der Waals surface area contributed by atoms with Crippen LogP contribution in [0.3, 0.4) is 0 Å². The maximum atomic E-state index is 4.72. The van der Waals surface area contributed by atoms with Crippen LogP contribution >= 0.6 is 11.3 Å². The quantitative estimate of drug-likeness (QED) is 0.725. The van der Waals surface area contributed by atoms with Crippen molar-refractivity contribution >= 4 is 27.4 Å². The summed E-state index contributed by atoms with van der Waals surface area (Å²) in [7, 11) is 1.87. The summed E-state index contributed by atoms with van der Waals surface area (Å²) < 4.78 is 1.13. The molecule has 0 fully saturated rings. The number of fused-ring (bicyclic) bond motifs is 1. The van der Waals surface area contributed by atoms with Crippen LogP contribution in [-0.2, 0) is 0 Å². The van der Waals surface area contributed by atoms with E-state index in [0.717, 1.165) is 49.7 Å². The first-order chi connectivity index (χ1) is 11.3. The lowest BCUT2D eigenvalue weighted by molar-refractivity contribution is 0.737. The second kappa shape index (κ2) is 7.66. The Balaban J connectivity index is 0.000000471. The van der Waals surface area contributed by atoms with Crippen molar-refractivity contribution in [3.8, 4) is 10.6 Å². The molecule has 3 aromatic heterocycles. The highest BCUT2D eigenvalue weighted by Crippen LogP contribution is 2.35. The molecule has 0 unspecified atom stereocenters. The molecule has 0 aliphatic heterocycles. The number of aryl methyl sites for hydroxylation is 3. The minimum absolute atomic E-state index is 0.759. The average molecular weight is 344 g/mol. The highest BCUT2D eigenvalue weighted by Gasteiger charge is 2.16. The van der Waals surface area contributed by atoms with E-state index >= 15 is 0 Å². The van der Waals surface area contributed by atoms with Gasteiger partial charge in [0.05, 0.1) is 21.7 Å². The number of anilines is 1. The van der Waals surface area contributed by atoms with Crippen LogP contribution in [0.1, 0.15) is 38.0 Å². The smallest absolute Gasteiger partial charge is 0.140 e. The van der Waals surface area contributed by atoms with Gasteiger partial charge >= 0.3 is 0 Å². The number of hydrogen-bond acceptors (Lipinski definition) is 6. The van der Waals surface area contributed by atoms with Crippen molar-refractivity contribution in [3.63, 3.8) is 0 Å². The molecule has 3 heterocycles. The zero-order valence-electron chi connectivity index (χ0n) is 15.4. The molecule has 6 heteroatoms. The van der Waals surface area contributed by atoms with E-state index in [-0.39, 0.29) is 0 Å². The van der Waals surface area contributed by atoms with Crippen molar-refractivity contribution in [1.82, 2.24) is 19.9 Å². The Morgan fingerprint density at radius 3 is 2.25 bits per heavy atom. The number of thiazole rings is 1. The third kappa shape index (κ3) is 4.06. The van der Waals surface area contributed by atoms with Crippen LogP contribution in [0.15, 0.2) is 12.3 Å². The molecule has 0 spiro atoms. The van der Waals surface area contributed by atoms with E-state index in [2.05, 4.69) is 41.0 Å². The summed E-state index contributed by atoms with van der Waals surface area (Å²) in [4.78, 5) is 17.9. The van der Waals surface area contributed by atoms with Crippen LogP contribution in [0, 0.1) is 26.7 Å². The van der Waals surface area contributed by atoms with E-state index in [1.165, 1.54) is 0 Å². The number of pyridine rings is 1. The maximum absolute atomic E-state index is 4.72. The Bertz CT molecular complexity index is 836. The first-order valence-corrected chi connectivity index (χ1v) is 8.90. The molecule has 0 bridgehead atoms. The van der Waals surface area contributed by atoms with Gasteiger partial charge in [-0.2, -0.15) is 0 Å². The van der Waals surface area contributed by atoms with Gasteiger partial charge in [0.25, 0.3) is 0 Å². The minimum Gasteiger partial charge on any atom is -0.372 e. The molecular weight excluding hydrogens is 318 g/mol. The predicted molar refractivity (Wildman–Crippen MR) is 103 cm³/mol. The Labute approximate surface area is 147 Å². The van der Waals surface area contributed by atoms with Gasteiger partial charge in [0.1, 0.15) is 22.2 Å². The molecule has 0 saturated heterocycles. The van der Waals surface area contributed by atoms with Crippen molar-refractivity contribution < 1.29 is 0 Å². The van der Waals surface area contributed by atoms with Gasteiger partial charge < -0.3 is 5.32 Å². The average Bonchev–Trinajstić information content (AvgIpc) is 2.90. The molecule has 0 aliphatic rings. The normalized spacial score (nSPS) is 10.7. The first-order valence-electron chi connectivity index (χ1n) is 8.09. The zero-order valence-corrected chi connectivity index (χ0v) is 16.2. The predicted octanol–water partition coefficient (Wildman–Crippen LogP) is 4.78. The first kappa shape index (κ1) is 18.3. The fraction of sp³-hybridized carbons (Fsp3) is 0.444. The molecule has 0 aromatic carbocycles. The molecular formula is C18H25N5S. The van der Waals surface area contributed by atoms with Crippen LogP contribution in [0.4, 0.5) is 5.82 Å². The van der Waals surface area contributed by atoms with E-state index in [1.807, 2.05) is 40.1 Å². The van der Waals surface area contributed by atoms with Crippen molar-refractivity contribution in [3.05, 3.63) is 29.5 Å². The van der Waals surface area contributed by atoms with E-state index in [9.17, 15) is 0 Å². The van der Waals surface area contributed by atoms with E-state index in [1.54, 1.807) is 11.3 Å². The molecule has 3 aromatic rings. The Kier molecular flexibility index (Phi) is 5.83. The molecule has 0 atom stereocenters. The number of nitrogens with one attached hydrogen (secondary N) is 1. The number of nitrogens with zero attached hydrogens (tertiary/aromatic N) is 4. The summed E-state index contributed by atoms with van der Waals surface area (Å²) in [6.07, 6.45) is 1.82. The molecule has 5 nitrogen and oxygen atoms in total. The van der Waals surface area contributed by atoms with Crippen molar-refractivity contribution in [2.24, 2.45) is 5.92 Å². The SMILES string of the molecule is CC(C)C.CNc1nc(C)nc(C)c1-c1nc2c(C)nccc2s1. The highest BCUT2D eigenvalue weighted by molar-refractivity contribution is 7.21. The summed E-state index contributed by atoms with van der Waals surface area (Å²) >= 11 is 1.64. The summed E-state index contributed by atoms with van der Waals surface area (Å²) in [5.74, 6) is 2.41. The van der Waals surface area contributed by atoms with Crippen molar-refractivity contribution in [2.45, 2.75) is 41.5 Å². The topological polar surface area (TPSA) is 63.6 Å². The Morgan fingerprint density at radius 1 is 1.00 bits per heavy atom. The summed E-state index contributed by atoms with van der Waals surface area (Å²) in [6.45, 7) is 12.4. The van der Waals surface area contributed by atoms with Crippen LogP contribution in [-0.4, -0.2) is 27.0 Å². The zero-order chi connectivity index (χ0) is 17.9. The van der Waals surface area contributed by atoms with Gasteiger partial charge in [-0.25, -0.2) is 15.0 Å². The Morgan fingerprint density at radius 2 is 1.67 bits per heavy atom. The third-order valence-electron chi connectivity index (χ3n) is 3.14. The fourth-order valence-electron chi connectivity index (χ4n) is 2.24. The van der Waals surface area contributed by atoms with E-state index in [4.69, 9.17) is 4.98 Å². The number of hydrogen-bond donors (Lipinski definition) is 1. The molecule has 1 N–H and O–H groups in total. The second-order valence-electron chi connectivity index (χ2n) is 6.32. The van der Waals surface area contributed by atoms with Gasteiger partial charge in [0.15, 0.2) is 0 Å². The summed E-state index contributed by atoms with van der Waals surface area (Å²) in [5.41, 5.74) is 3.81. The minimum atomic E-state index is 0.759. The van der Waals surface area contributed by atoms with Gasteiger partial charge in [0.2, 0.25) is 0 Å². The molecule has 0 saturated carbocycles.